The second kappa shape index (κ2) is 9.07. The first kappa shape index (κ1) is 20.8. The Morgan fingerprint density at radius 1 is 1.07 bits per heavy atom. The van der Waals surface area contributed by atoms with Crippen LogP contribution < -0.4 is 16.6 Å². The van der Waals surface area contributed by atoms with E-state index in [4.69, 9.17) is 23.2 Å². The minimum absolute atomic E-state index is 0.0601. The third-order valence-electron chi connectivity index (χ3n) is 4.09. The molecule has 0 fully saturated rings. The summed E-state index contributed by atoms with van der Waals surface area (Å²) in [5, 5.41) is 7.51. The van der Waals surface area contributed by atoms with Gasteiger partial charge in [0.2, 0.25) is 5.69 Å². The highest BCUT2D eigenvalue weighted by Crippen LogP contribution is 2.13. The van der Waals surface area contributed by atoms with E-state index in [1.54, 1.807) is 42.5 Å². The molecule has 3 rings (SSSR count). The summed E-state index contributed by atoms with van der Waals surface area (Å²) in [6, 6.07) is 13.2. The molecule has 9 heteroatoms. The summed E-state index contributed by atoms with van der Waals surface area (Å²) in [5.41, 5.74) is -0.862. The van der Waals surface area contributed by atoms with E-state index in [9.17, 15) is 14.4 Å². The van der Waals surface area contributed by atoms with Crippen LogP contribution in [0.15, 0.2) is 58.1 Å². The summed E-state index contributed by atoms with van der Waals surface area (Å²) in [4.78, 5) is 38.4. The number of hydrogen-bond acceptors (Lipinski definition) is 4. The van der Waals surface area contributed by atoms with Crippen molar-refractivity contribution in [2.45, 2.75) is 19.9 Å². The molecular formula is C20H18Cl2N4O3. The summed E-state index contributed by atoms with van der Waals surface area (Å²) in [6.07, 6.45) is 0.691. The number of aromatic nitrogens is 3. The van der Waals surface area contributed by atoms with Crippen LogP contribution in [-0.4, -0.2) is 26.8 Å². The monoisotopic (exact) mass is 432 g/mol. The van der Waals surface area contributed by atoms with E-state index in [1.807, 2.05) is 6.92 Å². The van der Waals surface area contributed by atoms with Gasteiger partial charge in [-0.25, -0.2) is 4.79 Å². The number of amides is 1. The molecule has 2 aromatic carbocycles. The summed E-state index contributed by atoms with van der Waals surface area (Å²) in [6.45, 7) is 2.21. The Bertz CT molecular complexity index is 1170. The number of halogens is 2. The van der Waals surface area contributed by atoms with Crippen molar-refractivity contribution in [2.24, 2.45) is 0 Å². The van der Waals surface area contributed by atoms with Crippen molar-refractivity contribution in [3.05, 3.63) is 90.7 Å². The number of carbonyl (C=O) groups excluding carboxylic acids is 1. The van der Waals surface area contributed by atoms with Crippen molar-refractivity contribution in [2.75, 3.05) is 6.54 Å². The lowest BCUT2D eigenvalue weighted by Crippen LogP contribution is -2.46. The molecule has 1 N–H and O–H groups in total. The average molecular weight is 433 g/mol. The van der Waals surface area contributed by atoms with Gasteiger partial charge in [-0.3, -0.25) is 14.2 Å². The lowest BCUT2D eigenvalue weighted by molar-refractivity contribution is 0.0944. The van der Waals surface area contributed by atoms with Crippen LogP contribution in [-0.2, 0) is 6.54 Å². The van der Waals surface area contributed by atoms with Gasteiger partial charge in [-0.15, -0.1) is 0 Å². The predicted octanol–water partition coefficient (Wildman–Crippen LogP) is 2.89. The highest BCUT2D eigenvalue weighted by molar-refractivity contribution is 6.31. The molecule has 150 valence electrons. The number of benzene rings is 2. The first-order valence-corrected chi connectivity index (χ1v) is 9.69. The Hall–Kier alpha value is -2.90. The molecule has 0 radical (unpaired) electrons. The van der Waals surface area contributed by atoms with Crippen LogP contribution in [0.3, 0.4) is 0 Å². The third kappa shape index (κ3) is 4.75. The van der Waals surface area contributed by atoms with Gasteiger partial charge in [0.1, 0.15) is 0 Å². The van der Waals surface area contributed by atoms with Gasteiger partial charge in [-0.1, -0.05) is 48.3 Å². The molecule has 3 aromatic rings. The maximum Gasteiger partial charge on any atom is 0.352 e. The quantitative estimate of drug-likeness (QED) is 0.648. The largest absolute Gasteiger partial charge is 0.352 e. The van der Waals surface area contributed by atoms with Gasteiger partial charge in [-0.05, 0) is 42.3 Å². The van der Waals surface area contributed by atoms with Gasteiger partial charge in [0, 0.05) is 16.6 Å². The molecule has 0 aliphatic rings. The zero-order valence-corrected chi connectivity index (χ0v) is 17.1. The standard InChI is InChI=1S/C20H18Cl2N4O3/c1-2-9-23-18(27)17-19(28)25(12-13-5-3-6-14(21)10-13)20(29)26(24-17)16-8-4-7-15(22)11-16/h3-8,10-11H,2,9,12H2,1H3,(H,23,27). The van der Waals surface area contributed by atoms with E-state index in [-0.39, 0.29) is 12.2 Å². The Balaban J connectivity index is 2.20. The first-order valence-electron chi connectivity index (χ1n) is 8.93. The summed E-state index contributed by atoms with van der Waals surface area (Å²) >= 11 is 12.0. The van der Waals surface area contributed by atoms with Gasteiger partial charge in [0.05, 0.1) is 12.2 Å². The molecule has 7 nitrogen and oxygen atoms in total. The molecule has 29 heavy (non-hydrogen) atoms. The molecule has 0 unspecified atom stereocenters. The van der Waals surface area contributed by atoms with Crippen LogP contribution in [0.4, 0.5) is 0 Å². The smallest absolute Gasteiger partial charge is 0.350 e. The average Bonchev–Trinajstić information content (AvgIpc) is 2.69. The van der Waals surface area contributed by atoms with Crippen LogP contribution in [0.25, 0.3) is 5.69 Å². The summed E-state index contributed by atoms with van der Waals surface area (Å²) in [7, 11) is 0. The van der Waals surface area contributed by atoms with E-state index in [2.05, 4.69) is 10.4 Å². The van der Waals surface area contributed by atoms with Gasteiger partial charge < -0.3 is 5.32 Å². The zero-order valence-electron chi connectivity index (χ0n) is 15.6. The molecule has 1 heterocycles. The fourth-order valence-electron chi connectivity index (χ4n) is 2.71. The molecule has 1 amide bonds. The lowest BCUT2D eigenvalue weighted by Gasteiger charge is -2.12. The van der Waals surface area contributed by atoms with Gasteiger partial charge >= 0.3 is 5.69 Å². The van der Waals surface area contributed by atoms with Crippen molar-refractivity contribution < 1.29 is 4.79 Å². The van der Waals surface area contributed by atoms with Crippen LogP contribution >= 0.6 is 23.2 Å². The number of nitrogens with zero attached hydrogens (tertiary/aromatic N) is 3. The minimum Gasteiger partial charge on any atom is -0.350 e. The molecule has 0 aliphatic carbocycles. The van der Waals surface area contributed by atoms with Gasteiger partial charge in [0.15, 0.2) is 0 Å². The van der Waals surface area contributed by atoms with Crippen molar-refractivity contribution >= 4 is 29.1 Å². The van der Waals surface area contributed by atoms with E-state index in [1.165, 1.54) is 6.07 Å². The molecule has 1 aromatic heterocycles. The predicted molar refractivity (Wildman–Crippen MR) is 112 cm³/mol. The fraction of sp³-hybridized carbons (Fsp3) is 0.200. The number of rotatable bonds is 6. The van der Waals surface area contributed by atoms with E-state index in [0.29, 0.717) is 34.3 Å². The lowest BCUT2D eigenvalue weighted by atomic mass is 10.2. The second-order valence-electron chi connectivity index (χ2n) is 6.30. The zero-order chi connectivity index (χ0) is 21.0. The number of hydrogen-bond donors (Lipinski definition) is 1. The number of nitrogens with one attached hydrogen (secondary N) is 1. The second-order valence-corrected chi connectivity index (χ2v) is 7.17. The van der Waals surface area contributed by atoms with E-state index in [0.717, 1.165) is 9.25 Å². The van der Waals surface area contributed by atoms with Gasteiger partial charge in [-0.2, -0.15) is 9.78 Å². The summed E-state index contributed by atoms with van der Waals surface area (Å²) in [5.74, 6) is -0.646. The van der Waals surface area contributed by atoms with Crippen molar-refractivity contribution in [1.29, 1.82) is 0 Å². The molecule has 0 saturated heterocycles. The molecule has 0 saturated carbocycles. The van der Waals surface area contributed by atoms with Crippen molar-refractivity contribution in [3.63, 3.8) is 0 Å². The topological polar surface area (TPSA) is 86.0 Å². The minimum atomic E-state index is -0.776. The highest BCUT2D eigenvalue weighted by atomic mass is 35.5. The Morgan fingerprint density at radius 2 is 1.76 bits per heavy atom. The van der Waals surface area contributed by atoms with Crippen LogP contribution in [0.1, 0.15) is 29.4 Å². The van der Waals surface area contributed by atoms with Crippen LogP contribution in [0.2, 0.25) is 10.0 Å². The highest BCUT2D eigenvalue weighted by Gasteiger charge is 2.20. The Kier molecular flexibility index (Phi) is 6.51. The van der Waals surface area contributed by atoms with Crippen molar-refractivity contribution in [1.82, 2.24) is 19.7 Å². The molecule has 0 bridgehead atoms. The Morgan fingerprint density at radius 3 is 2.41 bits per heavy atom. The SMILES string of the molecule is CCCNC(=O)c1nn(-c2cccc(Cl)c2)c(=O)n(Cc2cccc(Cl)c2)c1=O. The maximum absolute atomic E-state index is 13.0. The third-order valence-corrected chi connectivity index (χ3v) is 4.56. The maximum atomic E-state index is 13.0. The Labute approximate surface area is 176 Å². The van der Waals surface area contributed by atoms with Crippen LogP contribution in [0, 0.1) is 0 Å². The molecule has 0 aliphatic heterocycles. The number of carbonyl (C=O) groups is 1. The van der Waals surface area contributed by atoms with E-state index < -0.39 is 17.2 Å². The fourth-order valence-corrected chi connectivity index (χ4v) is 3.11. The van der Waals surface area contributed by atoms with Gasteiger partial charge in [0.25, 0.3) is 11.5 Å². The van der Waals surface area contributed by atoms with E-state index >= 15 is 0 Å². The molecular weight excluding hydrogens is 415 g/mol. The first-order chi connectivity index (χ1) is 13.9. The normalized spacial score (nSPS) is 10.7. The molecule has 0 atom stereocenters. The van der Waals surface area contributed by atoms with Crippen molar-refractivity contribution in [3.8, 4) is 5.69 Å². The van der Waals surface area contributed by atoms with Crippen LogP contribution in [0.5, 0.6) is 0 Å². The molecule has 0 spiro atoms. The summed E-state index contributed by atoms with van der Waals surface area (Å²) < 4.78 is 1.96.